The van der Waals surface area contributed by atoms with Gasteiger partial charge in [-0.15, -0.1) is 0 Å². The fourth-order valence-corrected chi connectivity index (χ4v) is 3.01. The molecule has 0 aliphatic rings. The van der Waals surface area contributed by atoms with Gasteiger partial charge >= 0.3 is 0 Å². The Kier molecular flexibility index (Phi) is 7.22. The summed E-state index contributed by atoms with van der Waals surface area (Å²) in [7, 11) is 0. The van der Waals surface area contributed by atoms with Crippen LogP contribution in [0.25, 0.3) is 11.1 Å². The van der Waals surface area contributed by atoms with Gasteiger partial charge in [0.2, 0.25) is 0 Å². The van der Waals surface area contributed by atoms with E-state index in [4.69, 9.17) is 9.84 Å². The molecule has 4 nitrogen and oxygen atoms in total. The molecule has 0 saturated heterocycles. The van der Waals surface area contributed by atoms with Crippen molar-refractivity contribution in [1.82, 2.24) is 5.32 Å². The number of nitrogens with one attached hydrogen (secondary N) is 1. The van der Waals surface area contributed by atoms with Crippen LogP contribution in [0.3, 0.4) is 0 Å². The summed E-state index contributed by atoms with van der Waals surface area (Å²) < 4.78 is 5.79. The van der Waals surface area contributed by atoms with E-state index < -0.39 is 0 Å². The number of hydrogen-bond donors (Lipinski definition) is 2. The van der Waals surface area contributed by atoms with Crippen molar-refractivity contribution in [2.24, 2.45) is 5.92 Å². The van der Waals surface area contributed by atoms with Crippen molar-refractivity contribution in [2.75, 3.05) is 19.8 Å². The number of rotatable bonds is 8. The summed E-state index contributed by atoms with van der Waals surface area (Å²) in [6.45, 7) is 9.11. The lowest BCUT2D eigenvalue weighted by molar-refractivity contribution is 0.0943. The van der Waals surface area contributed by atoms with Crippen LogP contribution in [0.15, 0.2) is 36.4 Å². The van der Waals surface area contributed by atoms with Crippen molar-refractivity contribution in [2.45, 2.75) is 34.1 Å². The fourth-order valence-electron chi connectivity index (χ4n) is 3.01. The standard InChI is InChI=1S/C22H29NO3/c1-5-26-21-9-6-16(4)13-20(21)17-7-8-19(22(25)23-10-11-24)18(14-17)12-15(2)3/h6-9,13-15,24H,5,10-12H2,1-4H3,(H,23,25). The quantitative estimate of drug-likeness (QED) is 0.753. The van der Waals surface area contributed by atoms with Gasteiger partial charge in [-0.05, 0) is 55.5 Å². The minimum Gasteiger partial charge on any atom is -0.493 e. The van der Waals surface area contributed by atoms with Gasteiger partial charge < -0.3 is 15.2 Å². The van der Waals surface area contributed by atoms with E-state index in [0.717, 1.165) is 28.9 Å². The summed E-state index contributed by atoms with van der Waals surface area (Å²) in [6, 6.07) is 12.1. The average molecular weight is 355 g/mol. The highest BCUT2D eigenvalue weighted by atomic mass is 16.5. The number of aliphatic hydroxyl groups is 1. The van der Waals surface area contributed by atoms with E-state index in [1.54, 1.807) is 0 Å². The highest BCUT2D eigenvalue weighted by Gasteiger charge is 2.15. The maximum absolute atomic E-state index is 12.4. The van der Waals surface area contributed by atoms with Crippen molar-refractivity contribution in [3.63, 3.8) is 0 Å². The molecule has 0 heterocycles. The van der Waals surface area contributed by atoms with Gasteiger partial charge in [-0.2, -0.15) is 0 Å². The highest BCUT2D eigenvalue weighted by molar-refractivity contribution is 5.96. The molecule has 2 aromatic carbocycles. The Balaban J connectivity index is 2.48. The smallest absolute Gasteiger partial charge is 0.251 e. The van der Waals surface area contributed by atoms with Gasteiger partial charge in [0.05, 0.1) is 13.2 Å². The third-order valence-electron chi connectivity index (χ3n) is 4.12. The van der Waals surface area contributed by atoms with Gasteiger partial charge in [0.15, 0.2) is 0 Å². The molecule has 0 aromatic heterocycles. The first-order chi connectivity index (χ1) is 12.5. The fraction of sp³-hybridized carbons (Fsp3) is 0.409. The summed E-state index contributed by atoms with van der Waals surface area (Å²) in [5, 5.41) is 11.7. The van der Waals surface area contributed by atoms with Gasteiger partial charge in [-0.3, -0.25) is 4.79 Å². The molecule has 2 N–H and O–H groups in total. The van der Waals surface area contributed by atoms with E-state index in [9.17, 15) is 4.79 Å². The minimum absolute atomic E-state index is 0.0651. The van der Waals surface area contributed by atoms with Gasteiger partial charge in [-0.25, -0.2) is 0 Å². The molecule has 0 bridgehead atoms. The molecule has 0 saturated carbocycles. The Morgan fingerprint density at radius 1 is 1.19 bits per heavy atom. The number of ether oxygens (including phenoxy) is 1. The molecule has 4 heteroatoms. The molecular weight excluding hydrogens is 326 g/mol. The lowest BCUT2D eigenvalue weighted by Gasteiger charge is -2.16. The largest absolute Gasteiger partial charge is 0.493 e. The zero-order valence-electron chi connectivity index (χ0n) is 16.1. The van der Waals surface area contributed by atoms with E-state index in [1.807, 2.05) is 31.2 Å². The Bertz CT molecular complexity index is 753. The van der Waals surface area contributed by atoms with Crippen LogP contribution in [0.1, 0.15) is 42.3 Å². The van der Waals surface area contributed by atoms with Crippen molar-refractivity contribution in [1.29, 1.82) is 0 Å². The van der Waals surface area contributed by atoms with Crippen LogP contribution in [0.4, 0.5) is 0 Å². The molecule has 1 amide bonds. The molecule has 0 radical (unpaired) electrons. The first-order valence-corrected chi connectivity index (χ1v) is 9.22. The second-order valence-corrected chi connectivity index (χ2v) is 6.88. The van der Waals surface area contributed by atoms with Gasteiger partial charge in [0, 0.05) is 17.7 Å². The van der Waals surface area contributed by atoms with Crippen molar-refractivity contribution in [3.8, 4) is 16.9 Å². The second-order valence-electron chi connectivity index (χ2n) is 6.88. The summed E-state index contributed by atoms with van der Waals surface area (Å²) in [5.74, 6) is 1.14. The van der Waals surface area contributed by atoms with E-state index in [-0.39, 0.29) is 19.1 Å². The summed E-state index contributed by atoms with van der Waals surface area (Å²) in [4.78, 5) is 12.4. The van der Waals surface area contributed by atoms with Crippen LogP contribution in [0.2, 0.25) is 0 Å². The third kappa shape index (κ3) is 5.09. The van der Waals surface area contributed by atoms with Crippen molar-refractivity contribution in [3.05, 3.63) is 53.1 Å². The lowest BCUT2D eigenvalue weighted by atomic mass is 9.92. The number of carbonyl (C=O) groups is 1. The molecule has 2 rings (SSSR count). The Hall–Kier alpha value is -2.33. The first-order valence-electron chi connectivity index (χ1n) is 9.22. The molecule has 0 atom stereocenters. The minimum atomic E-state index is -0.143. The van der Waals surface area contributed by atoms with Crippen LogP contribution >= 0.6 is 0 Å². The lowest BCUT2D eigenvalue weighted by Crippen LogP contribution is -2.27. The van der Waals surface area contributed by atoms with E-state index >= 15 is 0 Å². The van der Waals surface area contributed by atoms with Gasteiger partial charge in [0.1, 0.15) is 5.75 Å². The predicted octanol–water partition coefficient (Wildman–Crippen LogP) is 3.98. The van der Waals surface area contributed by atoms with Gasteiger partial charge in [0.25, 0.3) is 5.91 Å². The van der Waals surface area contributed by atoms with Crippen molar-refractivity contribution >= 4 is 5.91 Å². The molecule has 0 fully saturated rings. The summed E-state index contributed by atoms with van der Waals surface area (Å²) >= 11 is 0. The van der Waals surface area contributed by atoms with E-state index in [2.05, 4.69) is 38.2 Å². The highest BCUT2D eigenvalue weighted by Crippen LogP contribution is 2.33. The number of hydrogen-bond acceptors (Lipinski definition) is 3. The Morgan fingerprint density at radius 3 is 2.62 bits per heavy atom. The number of aliphatic hydroxyl groups excluding tert-OH is 1. The summed E-state index contributed by atoms with van der Waals surface area (Å²) in [6.07, 6.45) is 0.811. The first kappa shape index (κ1) is 20.0. The van der Waals surface area contributed by atoms with Crippen LogP contribution in [0.5, 0.6) is 5.75 Å². The topological polar surface area (TPSA) is 58.6 Å². The van der Waals surface area contributed by atoms with Crippen LogP contribution in [0, 0.1) is 12.8 Å². The predicted molar refractivity (Wildman–Crippen MR) is 106 cm³/mol. The SMILES string of the molecule is CCOc1ccc(C)cc1-c1ccc(C(=O)NCCO)c(CC(C)C)c1. The maximum atomic E-state index is 12.4. The maximum Gasteiger partial charge on any atom is 0.251 e. The number of amides is 1. The molecular formula is C22H29NO3. The molecule has 140 valence electrons. The molecule has 0 aliphatic carbocycles. The monoisotopic (exact) mass is 355 g/mol. The van der Waals surface area contributed by atoms with E-state index in [0.29, 0.717) is 18.1 Å². The third-order valence-corrected chi connectivity index (χ3v) is 4.12. The average Bonchev–Trinajstić information content (AvgIpc) is 2.60. The molecule has 0 unspecified atom stereocenters. The van der Waals surface area contributed by atoms with E-state index in [1.165, 1.54) is 5.56 Å². The molecule has 0 spiro atoms. The summed E-state index contributed by atoms with van der Waals surface area (Å²) in [5.41, 5.74) is 4.93. The second kappa shape index (κ2) is 9.39. The molecule has 0 aliphatic heterocycles. The van der Waals surface area contributed by atoms with Crippen LogP contribution in [-0.2, 0) is 6.42 Å². The molecule has 2 aromatic rings. The van der Waals surface area contributed by atoms with Crippen LogP contribution < -0.4 is 10.1 Å². The number of benzene rings is 2. The number of carbonyl (C=O) groups excluding carboxylic acids is 1. The zero-order valence-corrected chi connectivity index (χ0v) is 16.1. The molecule has 26 heavy (non-hydrogen) atoms. The normalized spacial score (nSPS) is 10.8. The van der Waals surface area contributed by atoms with Crippen LogP contribution in [-0.4, -0.2) is 30.8 Å². The zero-order chi connectivity index (χ0) is 19.1. The Morgan fingerprint density at radius 2 is 1.96 bits per heavy atom. The van der Waals surface area contributed by atoms with Crippen molar-refractivity contribution < 1.29 is 14.6 Å². The Labute approximate surface area is 156 Å². The van der Waals surface area contributed by atoms with Gasteiger partial charge in [-0.1, -0.05) is 37.6 Å². The number of aryl methyl sites for hydroxylation is 1.